The molecular formula is C14H20O14. The Labute approximate surface area is 156 Å². The molecule has 1 fully saturated rings. The second-order valence-corrected chi connectivity index (χ2v) is 5.92. The standard InChI is InChI=1S/C14H20O14/c15-3-6-11(24)12(25)13(1-7(16)17,26-4-9(20)21)14(28-6,2-8(18)19)27-5-10(22)23/h6,11-12,15,24-25H,1-5H2,(H,16,17)(H,18,19)(H,20,21)(H,22,23)/t6-,11+,12+,13-,14+/m1/s1. The fourth-order valence-electron chi connectivity index (χ4n) is 2.94. The summed E-state index contributed by atoms with van der Waals surface area (Å²) in [6.07, 6.45) is -8.74. The van der Waals surface area contributed by atoms with Gasteiger partial charge in [-0.1, -0.05) is 0 Å². The highest BCUT2D eigenvalue weighted by Gasteiger charge is 2.68. The Morgan fingerprint density at radius 1 is 0.821 bits per heavy atom. The van der Waals surface area contributed by atoms with E-state index in [-0.39, 0.29) is 0 Å². The highest BCUT2D eigenvalue weighted by molar-refractivity contribution is 5.72. The summed E-state index contributed by atoms with van der Waals surface area (Å²) in [5.41, 5.74) is -2.85. The molecule has 14 heteroatoms. The van der Waals surface area contributed by atoms with Crippen LogP contribution in [0.25, 0.3) is 0 Å². The van der Waals surface area contributed by atoms with Crippen LogP contribution in [0.4, 0.5) is 0 Å². The van der Waals surface area contributed by atoms with E-state index in [1.165, 1.54) is 0 Å². The lowest BCUT2D eigenvalue weighted by Crippen LogP contribution is -2.76. The van der Waals surface area contributed by atoms with Crippen LogP contribution >= 0.6 is 0 Å². The average molecular weight is 412 g/mol. The normalized spacial score (nSPS) is 32.6. The molecule has 0 aliphatic carbocycles. The predicted octanol–water partition coefficient (Wildman–Crippen LogP) is -3.31. The Morgan fingerprint density at radius 2 is 1.32 bits per heavy atom. The van der Waals surface area contributed by atoms with E-state index in [2.05, 4.69) is 0 Å². The summed E-state index contributed by atoms with van der Waals surface area (Å²) < 4.78 is 15.2. The van der Waals surface area contributed by atoms with E-state index >= 15 is 0 Å². The third kappa shape index (κ3) is 4.92. The number of hydrogen-bond donors (Lipinski definition) is 7. The molecule has 28 heavy (non-hydrogen) atoms. The fourth-order valence-corrected chi connectivity index (χ4v) is 2.94. The first kappa shape index (κ1) is 23.7. The number of rotatable bonds is 11. The van der Waals surface area contributed by atoms with E-state index < -0.39 is 86.2 Å². The first-order chi connectivity index (χ1) is 12.9. The van der Waals surface area contributed by atoms with Crippen molar-refractivity contribution in [3.05, 3.63) is 0 Å². The van der Waals surface area contributed by atoms with Crippen molar-refractivity contribution >= 4 is 23.9 Å². The molecule has 0 aromatic rings. The van der Waals surface area contributed by atoms with Crippen LogP contribution in [0, 0.1) is 0 Å². The number of hydrogen-bond acceptors (Lipinski definition) is 10. The fraction of sp³-hybridized carbons (Fsp3) is 0.714. The molecule has 1 rings (SSSR count). The molecule has 0 unspecified atom stereocenters. The van der Waals surface area contributed by atoms with Gasteiger partial charge in [-0.2, -0.15) is 0 Å². The average Bonchev–Trinajstić information content (AvgIpc) is 2.57. The molecule has 0 aromatic carbocycles. The topological polar surface area (TPSA) is 238 Å². The maximum Gasteiger partial charge on any atom is 0.329 e. The van der Waals surface area contributed by atoms with Crippen molar-refractivity contribution < 1.29 is 69.1 Å². The first-order valence-electron chi connectivity index (χ1n) is 7.70. The minimum atomic E-state index is -2.88. The maximum absolute atomic E-state index is 11.4. The molecule has 1 aliphatic rings. The quantitative estimate of drug-likeness (QED) is 0.176. The van der Waals surface area contributed by atoms with Crippen LogP contribution in [0.1, 0.15) is 12.8 Å². The summed E-state index contributed by atoms with van der Waals surface area (Å²) in [7, 11) is 0. The molecule has 1 saturated heterocycles. The Hall–Kier alpha value is -2.36. The van der Waals surface area contributed by atoms with E-state index in [0.29, 0.717) is 0 Å². The van der Waals surface area contributed by atoms with Gasteiger partial charge in [-0.15, -0.1) is 0 Å². The molecular weight excluding hydrogens is 392 g/mol. The molecule has 0 spiro atoms. The van der Waals surface area contributed by atoms with Crippen molar-refractivity contribution in [3.8, 4) is 0 Å². The Bertz CT molecular complexity index is 619. The van der Waals surface area contributed by atoms with Gasteiger partial charge in [-0.3, -0.25) is 9.59 Å². The summed E-state index contributed by atoms with van der Waals surface area (Å²) in [5, 5.41) is 66.1. The number of aliphatic hydroxyl groups is 3. The number of aliphatic carboxylic acids is 4. The van der Waals surface area contributed by atoms with Gasteiger partial charge in [0.2, 0.25) is 5.79 Å². The molecule has 0 aromatic heterocycles. The van der Waals surface area contributed by atoms with Crippen LogP contribution in [-0.4, -0.2) is 109 Å². The van der Waals surface area contributed by atoms with Crippen LogP contribution in [0.15, 0.2) is 0 Å². The number of carboxylic acid groups (broad SMARTS) is 4. The monoisotopic (exact) mass is 412 g/mol. The summed E-state index contributed by atoms with van der Waals surface area (Å²) in [6, 6.07) is 0. The van der Waals surface area contributed by atoms with Gasteiger partial charge >= 0.3 is 23.9 Å². The van der Waals surface area contributed by atoms with Gasteiger partial charge < -0.3 is 50.0 Å². The van der Waals surface area contributed by atoms with Crippen molar-refractivity contribution in [3.63, 3.8) is 0 Å². The Kier molecular flexibility index (Phi) is 7.80. The van der Waals surface area contributed by atoms with Crippen molar-refractivity contribution in [2.45, 2.75) is 42.5 Å². The maximum atomic E-state index is 11.4. The molecule has 14 nitrogen and oxygen atoms in total. The molecule has 0 saturated carbocycles. The van der Waals surface area contributed by atoms with Crippen LogP contribution in [0.3, 0.4) is 0 Å². The van der Waals surface area contributed by atoms with Gasteiger partial charge in [0.25, 0.3) is 0 Å². The summed E-state index contributed by atoms with van der Waals surface area (Å²) in [6.45, 7) is -3.54. The van der Waals surface area contributed by atoms with Crippen molar-refractivity contribution in [2.75, 3.05) is 19.8 Å². The number of ether oxygens (including phenoxy) is 3. The second kappa shape index (κ2) is 9.22. The van der Waals surface area contributed by atoms with Gasteiger partial charge in [0.1, 0.15) is 37.9 Å². The summed E-state index contributed by atoms with van der Waals surface area (Å²) >= 11 is 0. The molecule has 1 aliphatic heterocycles. The van der Waals surface area contributed by atoms with Crippen LogP contribution in [0.5, 0.6) is 0 Å². The van der Waals surface area contributed by atoms with Gasteiger partial charge in [0.05, 0.1) is 13.0 Å². The van der Waals surface area contributed by atoms with E-state index in [1.807, 2.05) is 0 Å². The van der Waals surface area contributed by atoms with E-state index in [4.69, 9.17) is 24.4 Å². The Balaban J connectivity index is 3.65. The van der Waals surface area contributed by atoms with Gasteiger partial charge in [0, 0.05) is 0 Å². The minimum Gasteiger partial charge on any atom is -0.481 e. The lowest BCUT2D eigenvalue weighted by molar-refractivity contribution is -0.406. The summed E-state index contributed by atoms with van der Waals surface area (Å²) in [4.78, 5) is 44.6. The molecule has 1 heterocycles. The smallest absolute Gasteiger partial charge is 0.329 e. The summed E-state index contributed by atoms with van der Waals surface area (Å²) in [5.74, 6) is -9.64. The second-order valence-electron chi connectivity index (χ2n) is 5.92. The number of carboxylic acids is 4. The van der Waals surface area contributed by atoms with Gasteiger partial charge in [-0.05, 0) is 0 Å². The zero-order chi connectivity index (χ0) is 21.7. The molecule has 160 valence electrons. The lowest BCUT2D eigenvalue weighted by atomic mass is 9.75. The van der Waals surface area contributed by atoms with Crippen molar-refractivity contribution in [1.82, 2.24) is 0 Å². The largest absolute Gasteiger partial charge is 0.481 e. The van der Waals surface area contributed by atoms with Crippen LogP contribution in [0.2, 0.25) is 0 Å². The van der Waals surface area contributed by atoms with Crippen LogP contribution in [-0.2, 0) is 33.4 Å². The molecule has 0 bridgehead atoms. The molecule has 7 N–H and O–H groups in total. The zero-order valence-electron chi connectivity index (χ0n) is 14.3. The molecule has 0 radical (unpaired) electrons. The molecule has 0 amide bonds. The van der Waals surface area contributed by atoms with Gasteiger partial charge in [-0.25, -0.2) is 9.59 Å². The SMILES string of the molecule is O=C(O)CO[C@@]1(CC(=O)O)O[C@H](CO)[C@H](O)[C@H](O)[C@@]1(CC(=O)O)OCC(=O)O. The number of aliphatic hydroxyl groups excluding tert-OH is 3. The van der Waals surface area contributed by atoms with Crippen molar-refractivity contribution in [1.29, 1.82) is 0 Å². The van der Waals surface area contributed by atoms with Crippen LogP contribution < -0.4 is 0 Å². The first-order valence-corrected chi connectivity index (χ1v) is 7.70. The highest BCUT2D eigenvalue weighted by Crippen LogP contribution is 2.46. The lowest BCUT2D eigenvalue weighted by Gasteiger charge is -2.56. The zero-order valence-corrected chi connectivity index (χ0v) is 14.3. The highest BCUT2D eigenvalue weighted by atomic mass is 16.7. The number of carbonyl (C=O) groups is 4. The third-order valence-corrected chi connectivity index (χ3v) is 4.03. The van der Waals surface area contributed by atoms with Gasteiger partial charge in [0.15, 0.2) is 5.60 Å². The van der Waals surface area contributed by atoms with Crippen molar-refractivity contribution in [2.24, 2.45) is 0 Å². The van der Waals surface area contributed by atoms with E-state index in [9.17, 15) is 44.7 Å². The van der Waals surface area contributed by atoms with E-state index in [1.54, 1.807) is 0 Å². The predicted molar refractivity (Wildman–Crippen MR) is 81.1 cm³/mol. The third-order valence-electron chi connectivity index (χ3n) is 4.03. The Morgan fingerprint density at radius 3 is 1.75 bits per heavy atom. The molecule has 5 atom stereocenters. The minimum absolute atomic E-state index is 1.00. The van der Waals surface area contributed by atoms with E-state index in [0.717, 1.165) is 0 Å².